The van der Waals surface area contributed by atoms with E-state index in [1.54, 1.807) is 30.1 Å². The molecule has 1 atom stereocenters. The molecule has 0 spiro atoms. The Morgan fingerprint density at radius 2 is 2.16 bits per heavy atom. The summed E-state index contributed by atoms with van der Waals surface area (Å²) in [4.78, 5) is 10.8. The van der Waals surface area contributed by atoms with Gasteiger partial charge in [-0.3, -0.25) is 14.0 Å². The largest absolute Gasteiger partial charge is 0.481 e. The molecule has 0 amide bonds. The van der Waals surface area contributed by atoms with Crippen LogP contribution in [0, 0.1) is 11.6 Å². The topological polar surface area (TPSA) is 85.8 Å². The minimum Gasteiger partial charge on any atom is -0.481 e. The molecule has 3 aromatic rings. The second-order valence-electron chi connectivity index (χ2n) is 5.12. The lowest BCUT2D eigenvalue weighted by Gasteiger charge is -2.15. The van der Waals surface area contributed by atoms with E-state index in [4.69, 9.17) is 5.11 Å². The van der Waals surface area contributed by atoms with Gasteiger partial charge < -0.3 is 5.11 Å². The third kappa shape index (κ3) is 3.53. The molecule has 1 N–H and O–H groups in total. The Kier molecular flexibility index (Phi) is 4.79. The molecule has 7 nitrogen and oxygen atoms in total. The zero-order chi connectivity index (χ0) is 18.0. The molecule has 0 aliphatic carbocycles. The summed E-state index contributed by atoms with van der Waals surface area (Å²) in [6.45, 7) is 1.79. The second kappa shape index (κ2) is 7.01. The van der Waals surface area contributed by atoms with Crippen LogP contribution < -0.4 is 0 Å². The Labute approximate surface area is 145 Å². The van der Waals surface area contributed by atoms with Gasteiger partial charge in [-0.1, -0.05) is 11.8 Å². The van der Waals surface area contributed by atoms with Gasteiger partial charge in [0, 0.05) is 18.5 Å². The SMILES string of the molecule is C[C@H](c1nnc(SCC(=O)O)n1-c1ccc(F)cc1F)n1cccn1. The quantitative estimate of drug-likeness (QED) is 0.676. The maximum atomic E-state index is 14.3. The van der Waals surface area contributed by atoms with Gasteiger partial charge in [-0.05, 0) is 25.1 Å². The van der Waals surface area contributed by atoms with Crippen molar-refractivity contribution in [1.29, 1.82) is 0 Å². The summed E-state index contributed by atoms with van der Waals surface area (Å²) in [6.07, 6.45) is 3.31. The molecular formula is C15H13F2N5O2S. The fourth-order valence-electron chi connectivity index (χ4n) is 2.29. The summed E-state index contributed by atoms with van der Waals surface area (Å²) in [5.41, 5.74) is 0.0355. The summed E-state index contributed by atoms with van der Waals surface area (Å²) < 4.78 is 30.6. The Balaban J connectivity index is 2.11. The van der Waals surface area contributed by atoms with Gasteiger partial charge in [-0.25, -0.2) is 8.78 Å². The van der Waals surface area contributed by atoms with Crippen LogP contribution in [0.2, 0.25) is 0 Å². The van der Waals surface area contributed by atoms with E-state index in [-0.39, 0.29) is 16.6 Å². The Hall–Kier alpha value is -2.75. The monoisotopic (exact) mass is 365 g/mol. The summed E-state index contributed by atoms with van der Waals surface area (Å²) in [6, 6.07) is 4.47. The van der Waals surface area contributed by atoms with Crippen LogP contribution in [0.25, 0.3) is 5.69 Å². The number of aromatic nitrogens is 5. The van der Waals surface area contributed by atoms with Gasteiger partial charge in [0.1, 0.15) is 17.7 Å². The zero-order valence-corrected chi connectivity index (χ0v) is 13.8. The summed E-state index contributed by atoms with van der Waals surface area (Å²) in [5.74, 6) is -2.47. The van der Waals surface area contributed by atoms with Crippen molar-refractivity contribution in [3.05, 3.63) is 54.1 Å². The van der Waals surface area contributed by atoms with Crippen LogP contribution in [-0.4, -0.2) is 41.4 Å². The fourth-order valence-corrected chi connectivity index (χ4v) is 2.96. The van der Waals surface area contributed by atoms with Crippen LogP contribution in [0.15, 0.2) is 41.8 Å². The van der Waals surface area contributed by atoms with Crippen molar-refractivity contribution in [2.24, 2.45) is 0 Å². The number of nitrogens with zero attached hydrogens (tertiary/aromatic N) is 5. The molecule has 0 bridgehead atoms. The molecular weight excluding hydrogens is 352 g/mol. The molecule has 3 rings (SSSR count). The number of thioether (sulfide) groups is 1. The average molecular weight is 365 g/mol. The van der Waals surface area contributed by atoms with Crippen molar-refractivity contribution in [3.63, 3.8) is 0 Å². The Morgan fingerprint density at radius 1 is 1.36 bits per heavy atom. The summed E-state index contributed by atoms with van der Waals surface area (Å²) in [7, 11) is 0. The lowest BCUT2D eigenvalue weighted by molar-refractivity contribution is -0.133. The van der Waals surface area contributed by atoms with E-state index in [0.29, 0.717) is 5.82 Å². The fraction of sp³-hybridized carbons (Fsp3) is 0.200. The number of carboxylic acids is 1. The number of carbonyl (C=O) groups is 1. The number of hydrogen-bond donors (Lipinski definition) is 1. The molecule has 1 aromatic carbocycles. The van der Waals surface area contributed by atoms with E-state index in [1.807, 2.05) is 0 Å². The number of aliphatic carboxylic acids is 1. The molecule has 130 valence electrons. The smallest absolute Gasteiger partial charge is 0.313 e. The molecule has 0 aliphatic rings. The van der Waals surface area contributed by atoms with Gasteiger partial charge in [0.25, 0.3) is 0 Å². The molecule has 0 aliphatic heterocycles. The normalized spacial score (nSPS) is 12.3. The Bertz CT molecular complexity index is 897. The third-order valence-electron chi connectivity index (χ3n) is 3.43. The highest BCUT2D eigenvalue weighted by Crippen LogP contribution is 2.28. The first-order valence-electron chi connectivity index (χ1n) is 7.22. The number of hydrogen-bond acceptors (Lipinski definition) is 5. The predicted molar refractivity (Wildman–Crippen MR) is 85.7 cm³/mol. The van der Waals surface area contributed by atoms with E-state index in [0.717, 1.165) is 23.9 Å². The van der Waals surface area contributed by atoms with E-state index < -0.39 is 23.6 Å². The summed E-state index contributed by atoms with van der Waals surface area (Å²) in [5, 5.41) is 21.2. The number of halogens is 2. The van der Waals surface area contributed by atoms with Crippen LogP contribution in [-0.2, 0) is 4.79 Å². The van der Waals surface area contributed by atoms with Gasteiger partial charge in [0.15, 0.2) is 11.0 Å². The number of rotatable bonds is 6. The molecule has 2 heterocycles. The molecule has 0 radical (unpaired) electrons. The van der Waals surface area contributed by atoms with Crippen molar-refractivity contribution in [3.8, 4) is 5.69 Å². The van der Waals surface area contributed by atoms with Crippen molar-refractivity contribution >= 4 is 17.7 Å². The number of carboxylic acid groups (broad SMARTS) is 1. The van der Waals surface area contributed by atoms with Crippen LogP contribution >= 0.6 is 11.8 Å². The van der Waals surface area contributed by atoms with Gasteiger partial charge >= 0.3 is 5.97 Å². The highest BCUT2D eigenvalue weighted by atomic mass is 32.2. The van der Waals surface area contributed by atoms with Gasteiger partial charge in [-0.2, -0.15) is 5.10 Å². The van der Waals surface area contributed by atoms with Crippen molar-refractivity contribution in [2.45, 2.75) is 18.1 Å². The standard InChI is InChI=1S/C15H13F2N5O2S/c1-9(21-6-2-5-18-21)14-19-20-15(25-8-13(23)24)22(14)12-4-3-10(16)7-11(12)17/h2-7,9H,8H2,1H3,(H,23,24)/t9-/m1/s1. The molecule has 0 fully saturated rings. The predicted octanol–water partition coefficient (Wildman–Crippen LogP) is 2.53. The zero-order valence-electron chi connectivity index (χ0n) is 13.0. The van der Waals surface area contributed by atoms with Crippen LogP contribution in [0.3, 0.4) is 0 Å². The third-order valence-corrected chi connectivity index (χ3v) is 4.34. The van der Waals surface area contributed by atoms with Gasteiger partial charge in [0.05, 0.1) is 11.4 Å². The number of benzene rings is 1. The van der Waals surface area contributed by atoms with Crippen molar-refractivity contribution < 1.29 is 18.7 Å². The van der Waals surface area contributed by atoms with Crippen LogP contribution in [0.4, 0.5) is 8.78 Å². The van der Waals surface area contributed by atoms with Crippen molar-refractivity contribution in [2.75, 3.05) is 5.75 Å². The van der Waals surface area contributed by atoms with Gasteiger partial charge in [0.2, 0.25) is 0 Å². The van der Waals surface area contributed by atoms with E-state index in [1.165, 1.54) is 10.6 Å². The summed E-state index contributed by atoms with van der Waals surface area (Å²) >= 11 is 0.898. The average Bonchev–Trinajstić information content (AvgIpc) is 3.22. The molecule has 25 heavy (non-hydrogen) atoms. The minimum atomic E-state index is -1.04. The van der Waals surface area contributed by atoms with Gasteiger partial charge in [-0.15, -0.1) is 10.2 Å². The maximum Gasteiger partial charge on any atom is 0.313 e. The van der Waals surface area contributed by atoms with E-state index in [9.17, 15) is 13.6 Å². The molecule has 2 aromatic heterocycles. The van der Waals surface area contributed by atoms with E-state index in [2.05, 4.69) is 15.3 Å². The molecule has 0 saturated heterocycles. The first kappa shape index (κ1) is 17.1. The van der Waals surface area contributed by atoms with E-state index >= 15 is 0 Å². The highest BCUT2D eigenvalue weighted by Gasteiger charge is 2.23. The first-order chi connectivity index (χ1) is 12.0. The molecule has 0 unspecified atom stereocenters. The maximum absolute atomic E-state index is 14.3. The first-order valence-corrected chi connectivity index (χ1v) is 8.20. The van der Waals surface area contributed by atoms with Crippen LogP contribution in [0.1, 0.15) is 18.8 Å². The lowest BCUT2D eigenvalue weighted by atomic mass is 10.2. The molecule has 10 heteroatoms. The Morgan fingerprint density at radius 3 is 2.80 bits per heavy atom. The van der Waals surface area contributed by atoms with Crippen molar-refractivity contribution in [1.82, 2.24) is 24.5 Å². The minimum absolute atomic E-state index is 0.0355. The van der Waals surface area contributed by atoms with Crippen LogP contribution in [0.5, 0.6) is 0 Å². The lowest BCUT2D eigenvalue weighted by Crippen LogP contribution is -2.15. The molecule has 0 saturated carbocycles. The second-order valence-corrected chi connectivity index (χ2v) is 6.06. The highest BCUT2D eigenvalue weighted by molar-refractivity contribution is 7.99.